The molecule has 32 heavy (non-hydrogen) atoms. The highest BCUT2D eigenvalue weighted by atomic mass is 35.5. The summed E-state index contributed by atoms with van der Waals surface area (Å²) in [7, 11) is 1.35. The molecule has 168 valence electrons. The fourth-order valence-corrected chi connectivity index (χ4v) is 4.80. The smallest absolute Gasteiger partial charge is 0.338 e. The summed E-state index contributed by atoms with van der Waals surface area (Å²) >= 11 is 6.38. The fraction of sp³-hybridized carbons (Fsp3) is 0.360. The van der Waals surface area contributed by atoms with Crippen molar-refractivity contribution in [1.82, 2.24) is 15.5 Å². The van der Waals surface area contributed by atoms with E-state index in [-0.39, 0.29) is 6.03 Å². The Kier molecular flexibility index (Phi) is 7.12. The van der Waals surface area contributed by atoms with E-state index in [1.807, 2.05) is 24.3 Å². The molecule has 1 atom stereocenters. The lowest BCUT2D eigenvalue weighted by Crippen LogP contribution is -2.49. The highest BCUT2D eigenvalue weighted by Gasteiger charge is 2.35. The van der Waals surface area contributed by atoms with Crippen molar-refractivity contribution in [2.75, 3.05) is 26.7 Å². The zero-order chi connectivity index (χ0) is 22.5. The Bertz CT molecular complexity index is 1000. The number of ether oxygens (including phenoxy) is 1. The van der Waals surface area contributed by atoms with E-state index in [1.54, 1.807) is 6.07 Å². The summed E-state index contributed by atoms with van der Waals surface area (Å²) in [5, 5.41) is 6.16. The van der Waals surface area contributed by atoms with Gasteiger partial charge in [0.25, 0.3) is 0 Å². The van der Waals surface area contributed by atoms with Gasteiger partial charge in [0, 0.05) is 17.3 Å². The number of urea groups is 1. The molecule has 2 aliphatic heterocycles. The van der Waals surface area contributed by atoms with E-state index in [4.69, 9.17) is 16.3 Å². The molecule has 0 aromatic heterocycles. The van der Waals surface area contributed by atoms with E-state index in [1.165, 1.54) is 12.7 Å². The van der Waals surface area contributed by atoms with Gasteiger partial charge in [-0.05, 0) is 55.5 Å². The largest absolute Gasteiger partial charge is 0.466 e. The van der Waals surface area contributed by atoms with Crippen LogP contribution in [0.15, 0.2) is 65.9 Å². The third-order valence-electron chi connectivity index (χ3n) is 6.23. The summed E-state index contributed by atoms with van der Waals surface area (Å²) in [6.45, 7) is 2.31. The zero-order valence-electron chi connectivity index (χ0n) is 18.1. The highest BCUT2D eigenvalue weighted by Crippen LogP contribution is 2.32. The normalized spacial score (nSPS) is 19.9. The standard InChI is InChI=1S/C25H28ClN3O3/c1-32-24(30)22-21(27-25(31)28-23(22)19-9-5-6-10-20(19)26)16-29-13-11-18(12-14-29)15-17-7-3-2-4-8-17/h2-10,18,23H,11-16H2,1H3,(H2,27,28,31). The lowest BCUT2D eigenvalue weighted by Gasteiger charge is -2.35. The van der Waals surface area contributed by atoms with Gasteiger partial charge < -0.3 is 15.4 Å². The molecule has 1 unspecified atom stereocenters. The van der Waals surface area contributed by atoms with Gasteiger partial charge in [-0.25, -0.2) is 9.59 Å². The first-order valence-corrected chi connectivity index (χ1v) is 11.3. The number of benzene rings is 2. The molecule has 1 saturated heterocycles. The van der Waals surface area contributed by atoms with Gasteiger partial charge in [-0.1, -0.05) is 60.1 Å². The van der Waals surface area contributed by atoms with E-state index in [0.29, 0.717) is 34.3 Å². The van der Waals surface area contributed by atoms with Gasteiger partial charge in [0.05, 0.1) is 18.7 Å². The number of hydrogen-bond acceptors (Lipinski definition) is 4. The molecule has 4 rings (SSSR count). The molecule has 2 aromatic carbocycles. The van der Waals surface area contributed by atoms with Gasteiger partial charge >= 0.3 is 12.0 Å². The van der Waals surface area contributed by atoms with Crippen LogP contribution in [-0.4, -0.2) is 43.6 Å². The molecule has 2 amide bonds. The van der Waals surface area contributed by atoms with Crippen molar-refractivity contribution in [3.63, 3.8) is 0 Å². The molecular formula is C25H28ClN3O3. The van der Waals surface area contributed by atoms with Gasteiger partial charge in [-0.15, -0.1) is 0 Å². The summed E-state index contributed by atoms with van der Waals surface area (Å²) in [5.41, 5.74) is 3.01. The number of carbonyl (C=O) groups excluding carboxylic acids is 2. The molecule has 2 heterocycles. The quantitative estimate of drug-likeness (QED) is 0.647. The van der Waals surface area contributed by atoms with Crippen molar-refractivity contribution in [3.05, 3.63) is 82.0 Å². The van der Waals surface area contributed by atoms with E-state index in [9.17, 15) is 9.59 Å². The summed E-state index contributed by atoms with van der Waals surface area (Å²) in [5.74, 6) is 0.164. The summed E-state index contributed by atoms with van der Waals surface area (Å²) < 4.78 is 5.07. The van der Waals surface area contributed by atoms with Crippen LogP contribution in [0.1, 0.15) is 30.0 Å². The Morgan fingerprint density at radius 3 is 2.47 bits per heavy atom. The van der Waals surface area contributed by atoms with Crippen LogP contribution in [-0.2, 0) is 16.0 Å². The Morgan fingerprint density at radius 2 is 1.78 bits per heavy atom. The third-order valence-corrected chi connectivity index (χ3v) is 6.58. The predicted molar refractivity (Wildman–Crippen MR) is 124 cm³/mol. The van der Waals surface area contributed by atoms with Crippen molar-refractivity contribution >= 4 is 23.6 Å². The van der Waals surface area contributed by atoms with E-state index < -0.39 is 12.0 Å². The fourth-order valence-electron chi connectivity index (χ4n) is 4.56. The second-order valence-corrected chi connectivity index (χ2v) is 8.75. The second kappa shape index (κ2) is 10.2. The summed E-state index contributed by atoms with van der Waals surface area (Å²) in [6.07, 6.45) is 3.24. The Labute approximate surface area is 193 Å². The van der Waals surface area contributed by atoms with Crippen LogP contribution in [0.25, 0.3) is 0 Å². The topological polar surface area (TPSA) is 70.7 Å². The average molecular weight is 454 g/mol. The molecule has 2 aliphatic rings. The van der Waals surface area contributed by atoms with Crippen molar-refractivity contribution in [2.45, 2.75) is 25.3 Å². The number of esters is 1. The molecule has 0 spiro atoms. The molecule has 0 radical (unpaired) electrons. The Hall–Kier alpha value is -2.83. The minimum absolute atomic E-state index is 0.350. The molecule has 2 aromatic rings. The molecule has 7 heteroatoms. The number of likely N-dealkylation sites (tertiary alicyclic amines) is 1. The Balaban J connectivity index is 1.51. The molecule has 6 nitrogen and oxygen atoms in total. The molecule has 2 N–H and O–H groups in total. The van der Waals surface area contributed by atoms with Gasteiger partial charge in [-0.2, -0.15) is 0 Å². The number of nitrogens with one attached hydrogen (secondary N) is 2. The lowest BCUT2D eigenvalue weighted by atomic mass is 9.89. The maximum atomic E-state index is 12.7. The molecule has 0 saturated carbocycles. The van der Waals surface area contributed by atoms with Gasteiger partial charge in [0.15, 0.2) is 0 Å². The number of nitrogens with zero attached hydrogens (tertiary/aromatic N) is 1. The lowest BCUT2D eigenvalue weighted by molar-refractivity contribution is -0.136. The number of hydrogen-bond donors (Lipinski definition) is 2. The van der Waals surface area contributed by atoms with Crippen molar-refractivity contribution in [1.29, 1.82) is 0 Å². The SMILES string of the molecule is COC(=O)C1=C(CN2CCC(Cc3ccccc3)CC2)NC(=O)NC1c1ccccc1Cl. The van der Waals surface area contributed by atoms with Gasteiger partial charge in [0.1, 0.15) is 0 Å². The van der Waals surface area contributed by atoms with Crippen molar-refractivity contribution < 1.29 is 14.3 Å². The first-order chi connectivity index (χ1) is 15.5. The third kappa shape index (κ3) is 5.14. The van der Waals surface area contributed by atoms with Crippen LogP contribution in [0.5, 0.6) is 0 Å². The maximum Gasteiger partial charge on any atom is 0.338 e. The average Bonchev–Trinajstić information content (AvgIpc) is 2.80. The number of methoxy groups -OCH3 is 1. The van der Waals surface area contributed by atoms with Gasteiger partial charge in [0.2, 0.25) is 0 Å². The van der Waals surface area contributed by atoms with Crippen LogP contribution in [0.3, 0.4) is 0 Å². The minimum Gasteiger partial charge on any atom is -0.466 e. The minimum atomic E-state index is -0.657. The molecule has 1 fully saturated rings. The monoisotopic (exact) mass is 453 g/mol. The van der Waals surface area contributed by atoms with Gasteiger partial charge in [-0.3, -0.25) is 4.90 Å². The zero-order valence-corrected chi connectivity index (χ0v) is 18.9. The summed E-state index contributed by atoms with van der Waals surface area (Å²) in [6, 6.07) is 16.8. The summed E-state index contributed by atoms with van der Waals surface area (Å²) in [4.78, 5) is 27.5. The molecular weight excluding hydrogens is 426 g/mol. The molecule has 0 bridgehead atoms. The number of amides is 2. The Morgan fingerprint density at radius 1 is 1.09 bits per heavy atom. The number of carbonyl (C=O) groups is 2. The van der Waals surface area contributed by atoms with Crippen molar-refractivity contribution in [3.8, 4) is 0 Å². The van der Waals surface area contributed by atoms with Crippen LogP contribution in [0.2, 0.25) is 5.02 Å². The molecule has 0 aliphatic carbocycles. The predicted octanol–water partition coefficient (Wildman–Crippen LogP) is 4.08. The second-order valence-electron chi connectivity index (χ2n) is 8.35. The van der Waals surface area contributed by atoms with Crippen molar-refractivity contribution in [2.24, 2.45) is 5.92 Å². The van der Waals surface area contributed by atoms with Crippen LogP contribution >= 0.6 is 11.6 Å². The van der Waals surface area contributed by atoms with E-state index in [2.05, 4.69) is 39.8 Å². The van der Waals surface area contributed by atoms with E-state index >= 15 is 0 Å². The number of piperidine rings is 1. The first kappa shape index (κ1) is 22.4. The van der Waals surface area contributed by atoms with Crippen LogP contribution in [0.4, 0.5) is 4.79 Å². The maximum absolute atomic E-state index is 12.7. The number of halogens is 1. The van der Waals surface area contributed by atoms with E-state index in [0.717, 1.165) is 32.4 Å². The highest BCUT2D eigenvalue weighted by molar-refractivity contribution is 6.31. The van der Waals surface area contributed by atoms with Crippen LogP contribution < -0.4 is 10.6 Å². The van der Waals surface area contributed by atoms with Crippen LogP contribution in [0, 0.1) is 5.92 Å². The first-order valence-electron chi connectivity index (χ1n) is 10.9. The number of rotatable bonds is 6.